The Morgan fingerprint density at radius 1 is 1.42 bits per heavy atom. The van der Waals surface area contributed by atoms with Crippen LogP contribution in [0.25, 0.3) is 0 Å². The second kappa shape index (κ2) is 4.16. The van der Waals surface area contributed by atoms with E-state index in [4.69, 9.17) is 0 Å². The van der Waals surface area contributed by atoms with Gasteiger partial charge in [0.25, 0.3) is 0 Å². The van der Waals surface area contributed by atoms with Gasteiger partial charge in [-0.15, -0.1) is 0 Å². The molecule has 0 aromatic heterocycles. The lowest BCUT2D eigenvalue weighted by atomic mass is 10.1. The fraction of sp³-hybridized carbons (Fsp3) is 0.222. The number of methoxy groups -OCH3 is 1. The van der Waals surface area contributed by atoms with E-state index in [9.17, 15) is 4.79 Å². The highest BCUT2D eigenvalue weighted by Crippen LogP contribution is 2.07. The molecule has 2 nitrogen and oxygen atoms in total. The summed E-state index contributed by atoms with van der Waals surface area (Å²) < 4.78 is 4.55. The topological polar surface area (TPSA) is 26.3 Å². The zero-order chi connectivity index (χ0) is 8.97. The van der Waals surface area contributed by atoms with E-state index in [1.165, 1.54) is 7.11 Å². The SMILES string of the molecule is COC(=O)c1ccc(CS)cc1. The van der Waals surface area contributed by atoms with Gasteiger partial charge in [0.2, 0.25) is 0 Å². The lowest BCUT2D eigenvalue weighted by Gasteiger charge is -1.99. The summed E-state index contributed by atoms with van der Waals surface area (Å²) in [4.78, 5) is 11.0. The Hall–Kier alpha value is -0.960. The number of ether oxygens (including phenoxy) is 1. The van der Waals surface area contributed by atoms with Gasteiger partial charge >= 0.3 is 5.97 Å². The number of benzene rings is 1. The Kier molecular flexibility index (Phi) is 3.17. The second-order valence-corrected chi connectivity index (χ2v) is 2.66. The van der Waals surface area contributed by atoms with E-state index < -0.39 is 0 Å². The van der Waals surface area contributed by atoms with E-state index in [0.29, 0.717) is 11.3 Å². The lowest BCUT2D eigenvalue weighted by molar-refractivity contribution is 0.0601. The van der Waals surface area contributed by atoms with Gasteiger partial charge in [-0.2, -0.15) is 12.6 Å². The molecule has 0 unspecified atom stereocenters. The van der Waals surface area contributed by atoms with Gasteiger partial charge in [0.15, 0.2) is 0 Å². The monoisotopic (exact) mass is 182 g/mol. The van der Waals surface area contributed by atoms with Gasteiger partial charge < -0.3 is 4.74 Å². The molecular weight excluding hydrogens is 172 g/mol. The van der Waals surface area contributed by atoms with E-state index >= 15 is 0 Å². The molecule has 0 heterocycles. The molecular formula is C9H10O2S. The molecule has 0 saturated carbocycles. The van der Waals surface area contributed by atoms with Crippen molar-refractivity contribution in [2.24, 2.45) is 0 Å². The first-order valence-corrected chi connectivity index (χ1v) is 4.19. The van der Waals surface area contributed by atoms with Crippen molar-refractivity contribution in [1.82, 2.24) is 0 Å². The van der Waals surface area contributed by atoms with Crippen LogP contribution >= 0.6 is 12.6 Å². The molecule has 1 rings (SSSR count). The zero-order valence-electron chi connectivity index (χ0n) is 6.78. The number of carbonyl (C=O) groups is 1. The van der Waals surface area contributed by atoms with Gasteiger partial charge in [-0.25, -0.2) is 4.79 Å². The van der Waals surface area contributed by atoms with E-state index in [1.807, 2.05) is 12.1 Å². The van der Waals surface area contributed by atoms with Crippen molar-refractivity contribution in [3.05, 3.63) is 35.4 Å². The predicted octanol–water partition coefficient (Wildman–Crippen LogP) is 1.90. The molecule has 0 fully saturated rings. The molecule has 0 aliphatic carbocycles. The fourth-order valence-corrected chi connectivity index (χ4v) is 1.07. The summed E-state index contributed by atoms with van der Waals surface area (Å²) in [6, 6.07) is 7.19. The molecule has 0 N–H and O–H groups in total. The van der Waals surface area contributed by atoms with E-state index in [1.54, 1.807) is 12.1 Å². The maximum absolute atomic E-state index is 11.0. The minimum Gasteiger partial charge on any atom is -0.465 e. The highest BCUT2D eigenvalue weighted by Gasteiger charge is 2.02. The molecule has 0 amide bonds. The summed E-state index contributed by atoms with van der Waals surface area (Å²) in [7, 11) is 1.37. The van der Waals surface area contributed by atoms with Gasteiger partial charge in [0, 0.05) is 5.75 Å². The molecule has 3 heteroatoms. The lowest BCUT2D eigenvalue weighted by Crippen LogP contribution is -2.00. The number of carbonyl (C=O) groups excluding carboxylic acids is 1. The second-order valence-electron chi connectivity index (χ2n) is 2.35. The number of esters is 1. The van der Waals surface area contributed by atoms with Crippen LogP contribution in [0, 0.1) is 0 Å². The van der Waals surface area contributed by atoms with Gasteiger partial charge in [0.05, 0.1) is 12.7 Å². The maximum Gasteiger partial charge on any atom is 0.337 e. The third-order valence-electron chi connectivity index (χ3n) is 1.56. The van der Waals surface area contributed by atoms with Gasteiger partial charge in [0.1, 0.15) is 0 Å². The Bertz CT molecular complexity index is 266. The van der Waals surface area contributed by atoms with Crippen LogP contribution in [-0.4, -0.2) is 13.1 Å². The Morgan fingerprint density at radius 3 is 2.42 bits per heavy atom. The number of hydrogen-bond acceptors (Lipinski definition) is 3. The first kappa shape index (κ1) is 9.13. The summed E-state index contributed by atoms with van der Waals surface area (Å²) in [5.74, 6) is 0.377. The standard InChI is InChI=1S/C9H10O2S/c1-11-9(10)8-4-2-7(6-12)3-5-8/h2-5,12H,6H2,1H3. The van der Waals surface area contributed by atoms with Crippen molar-refractivity contribution < 1.29 is 9.53 Å². The number of hydrogen-bond donors (Lipinski definition) is 1. The van der Waals surface area contributed by atoms with Crippen LogP contribution in [0.4, 0.5) is 0 Å². The summed E-state index contributed by atoms with van der Waals surface area (Å²) in [6.45, 7) is 0. The van der Waals surface area contributed by atoms with Crippen molar-refractivity contribution in [2.75, 3.05) is 7.11 Å². The third-order valence-corrected chi connectivity index (χ3v) is 1.92. The average molecular weight is 182 g/mol. The summed E-state index contributed by atoms with van der Waals surface area (Å²) in [6.07, 6.45) is 0. The van der Waals surface area contributed by atoms with Crippen LogP contribution in [0.1, 0.15) is 15.9 Å². The zero-order valence-corrected chi connectivity index (χ0v) is 7.67. The largest absolute Gasteiger partial charge is 0.465 e. The normalized spacial score (nSPS) is 9.50. The van der Waals surface area contributed by atoms with Gasteiger partial charge in [-0.1, -0.05) is 12.1 Å². The fourth-order valence-electron chi connectivity index (χ4n) is 0.864. The van der Waals surface area contributed by atoms with E-state index in [2.05, 4.69) is 17.4 Å². The quantitative estimate of drug-likeness (QED) is 0.558. The van der Waals surface area contributed by atoms with E-state index in [0.717, 1.165) is 5.56 Å². The molecule has 0 radical (unpaired) electrons. The molecule has 0 bridgehead atoms. The van der Waals surface area contributed by atoms with Crippen molar-refractivity contribution in [1.29, 1.82) is 0 Å². The molecule has 64 valence electrons. The molecule has 0 aliphatic heterocycles. The minimum absolute atomic E-state index is 0.305. The highest BCUT2D eigenvalue weighted by molar-refractivity contribution is 7.79. The third kappa shape index (κ3) is 2.01. The van der Waals surface area contributed by atoms with Crippen molar-refractivity contribution in [2.45, 2.75) is 5.75 Å². The Morgan fingerprint density at radius 2 is 2.00 bits per heavy atom. The number of rotatable bonds is 2. The predicted molar refractivity (Wildman–Crippen MR) is 50.5 cm³/mol. The van der Waals surface area contributed by atoms with Crippen molar-refractivity contribution in [3.8, 4) is 0 Å². The van der Waals surface area contributed by atoms with E-state index in [-0.39, 0.29) is 5.97 Å². The molecule has 0 saturated heterocycles. The molecule has 1 aromatic rings. The van der Waals surface area contributed by atoms with Crippen LogP contribution in [0.5, 0.6) is 0 Å². The molecule has 0 aliphatic rings. The van der Waals surface area contributed by atoms with Crippen LogP contribution in [0.3, 0.4) is 0 Å². The highest BCUT2D eigenvalue weighted by atomic mass is 32.1. The Balaban J connectivity index is 2.84. The average Bonchev–Trinajstić information content (AvgIpc) is 2.17. The van der Waals surface area contributed by atoms with Crippen LogP contribution < -0.4 is 0 Å². The smallest absolute Gasteiger partial charge is 0.337 e. The van der Waals surface area contributed by atoms with Crippen molar-refractivity contribution >= 4 is 18.6 Å². The van der Waals surface area contributed by atoms with Crippen LogP contribution in [0.15, 0.2) is 24.3 Å². The van der Waals surface area contributed by atoms with Crippen LogP contribution in [0.2, 0.25) is 0 Å². The minimum atomic E-state index is -0.305. The number of thiol groups is 1. The molecule has 12 heavy (non-hydrogen) atoms. The molecule has 1 aromatic carbocycles. The summed E-state index contributed by atoms with van der Waals surface area (Å²) in [5.41, 5.74) is 1.66. The first-order valence-electron chi connectivity index (χ1n) is 3.56. The molecule has 0 spiro atoms. The summed E-state index contributed by atoms with van der Waals surface area (Å²) in [5, 5.41) is 0. The first-order chi connectivity index (χ1) is 5.77. The maximum atomic E-state index is 11.0. The summed E-state index contributed by atoms with van der Waals surface area (Å²) >= 11 is 4.10. The van der Waals surface area contributed by atoms with Crippen LogP contribution in [-0.2, 0) is 10.5 Å². The van der Waals surface area contributed by atoms with Crippen molar-refractivity contribution in [3.63, 3.8) is 0 Å². The van der Waals surface area contributed by atoms with Gasteiger partial charge in [-0.3, -0.25) is 0 Å². The Labute approximate surface area is 77.0 Å². The van der Waals surface area contributed by atoms with Gasteiger partial charge in [-0.05, 0) is 17.7 Å². The molecule has 0 atom stereocenters.